The van der Waals surface area contributed by atoms with Crippen molar-refractivity contribution in [2.45, 2.75) is 19.9 Å². The maximum absolute atomic E-state index is 5.37. The van der Waals surface area contributed by atoms with E-state index < -0.39 is 0 Å². The van der Waals surface area contributed by atoms with Crippen LogP contribution in [0.15, 0.2) is 12.3 Å². The summed E-state index contributed by atoms with van der Waals surface area (Å²) in [6.07, 6.45) is 2.78. The van der Waals surface area contributed by atoms with Crippen molar-refractivity contribution in [2.24, 2.45) is 5.73 Å². The summed E-state index contributed by atoms with van der Waals surface area (Å²) in [6, 6.07) is 1.92. The molecule has 0 unspecified atom stereocenters. The Morgan fingerprint density at radius 2 is 2.38 bits per heavy atom. The van der Waals surface area contributed by atoms with E-state index in [0.717, 1.165) is 37.6 Å². The highest BCUT2D eigenvalue weighted by Crippen LogP contribution is 1.93. The Hall–Kier alpha value is -1.00. The summed E-state index contributed by atoms with van der Waals surface area (Å²) in [5.41, 5.74) is 6.40. The first-order chi connectivity index (χ1) is 6.33. The molecular formula is C9H16N4. The minimum Gasteiger partial charge on any atom is -0.330 e. The Kier molecular flexibility index (Phi) is 4.35. The van der Waals surface area contributed by atoms with Gasteiger partial charge in [0.25, 0.3) is 0 Å². The van der Waals surface area contributed by atoms with Crippen LogP contribution in [0.1, 0.15) is 17.9 Å². The number of aromatic nitrogens is 2. The molecule has 0 aliphatic carbocycles. The van der Waals surface area contributed by atoms with Crippen molar-refractivity contribution in [1.82, 2.24) is 15.3 Å². The number of rotatable bonds is 5. The van der Waals surface area contributed by atoms with Gasteiger partial charge in [-0.3, -0.25) is 0 Å². The average Bonchev–Trinajstić information content (AvgIpc) is 2.13. The molecule has 1 aromatic rings. The first-order valence-corrected chi connectivity index (χ1v) is 4.52. The van der Waals surface area contributed by atoms with Gasteiger partial charge in [-0.15, -0.1) is 0 Å². The van der Waals surface area contributed by atoms with E-state index in [0.29, 0.717) is 0 Å². The minimum atomic E-state index is 0.732. The summed E-state index contributed by atoms with van der Waals surface area (Å²) in [5, 5.41) is 3.26. The van der Waals surface area contributed by atoms with E-state index in [4.69, 9.17) is 5.73 Å². The molecule has 0 aliphatic heterocycles. The quantitative estimate of drug-likeness (QED) is 0.636. The molecular weight excluding hydrogens is 164 g/mol. The second-order valence-corrected chi connectivity index (χ2v) is 2.91. The highest BCUT2D eigenvalue weighted by Gasteiger charge is 1.93. The van der Waals surface area contributed by atoms with E-state index in [1.165, 1.54) is 0 Å². The maximum Gasteiger partial charge on any atom is 0.125 e. The largest absolute Gasteiger partial charge is 0.330 e. The molecule has 3 N–H and O–H groups in total. The third-order valence-electron chi connectivity index (χ3n) is 1.70. The third-order valence-corrected chi connectivity index (χ3v) is 1.70. The summed E-state index contributed by atoms with van der Waals surface area (Å²) in [7, 11) is 0. The molecule has 1 rings (SSSR count). The van der Waals surface area contributed by atoms with Crippen LogP contribution in [0, 0.1) is 6.92 Å². The predicted molar refractivity (Wildman–Crippen MR) is 52.1 cm³/mol. The molecule has 0 saturated heterocycles. The van der Waals surface area contributed by atoms with Crippen molar-refractivity contribution in [3.8, 4) is 0 Å². The second-order valence-electron chi connectivity index (χ2n) is 2.91. The summed E-state index contributed by atoms with van der Waals surface area (Å²) in [5.74, 6) is 0.818. The van der Waals surface area contributed by atoms with Crippen molar-refractivity contribution in [2.75, 3.05) is 13.1 Å². The van der Waals surface area contributed by atoms with E-state index in [9.17, 15) is 0 Å². The highest BCUT2D eigenvalue weighted by molar-refractivity contribution is 5.00. The zero-order valence-electron chi connectivity index (χ0n) is 7.95. The molecule has 13 heavy (non-hydrogen) atoms. The van der Waals surface area contributed by atoms with Gasteiger partial charge in [0.1, 0.15) is 5.82 Å². The van der Waals surface area contributed by atoms with Crippen LogP contribution < -0.4 is 11.1 Å². The molecule has 4 nitrogen and oxygen atoms in total. The van der Waals surface area contributed by atoms with E-state index in [2.05, 4.69) is 15.3 Å². The SMILES string of the molecule is Cc1nccc(CNCCCN)n1. The number of hydrogen-bond donors (Lipinski definition) is 2. The van der Waals surface area contributed by atoms with Gasteiger partial charge in [0.15, 0.2) is 0 Å². The van der Waals surface area contributed by atoms with Crippen molar-refractivity contribution in [3.63, 3.8) is 0 Å². The normalized spacial score (nSPS) is 10.3. The minimum absolute atomic E-state index is 0.732. The Morgan fingerprint density at radius 3 is 3.08 bits per heavy atom. The van der Waals surface area contributed by atoms with Crippen molar-refractivity contribution in [1.29, 1.82) is 0 Å². The van der Waals surface area contributed by atoms with Gasteiger partial charge >= 0.3 is 0 Å². The zero-order chi connectivity index (χ0) is 9.52. The summed E-state index contributed by atoms with van der Waals surface area (Å²) in [6.45, 7) is 4.36. The second kappa shape index (κ2) is 5.61. The average molecular weight is 180 g/mol. The fourth-order valence-corrected chi connectivity index (χ4v) is 1.05. The number of hydrogen-bond acceptors (Lipinski definition) is 4. The van der Waals surface area contributed by atoms with Gasteiger partial charge in [0, 0.05) is 12.7 Å². The topological polar surface area (TPSA) is 63.8 Å². The van der Waals surface area contributed by atoms with E-state index >= 15 is 0 Å². The standard InChI is InChI=1S/C9H16N4/c1-8-12-6-3-9(13-8)7-11-5-2-4-10/h3,6,11H,2,4-5,7,10H2,1H3. The summed E-state index contributed by atoms with van der Waals surface area (Å²) < 4.78 is 0. The molecule has 0 aromatic carbocycles. The first-order valence-electron chi connectivity index (χ1n) is 4.52. The fourth-order valence-electron chi connectivity index (χ4n) is 1.05. The molecule has 0 saturated carbocycles. The smallest absolute Gasteiger partial charge is 0.125 e. The Morgan fingerprint density at radius 1 is 1.54 bits per heavy atom. The lowest BCUT2D eigenvalue weighted by molar-refractivity contribution is 0.643. The molecule has 1 aromatic heterocycles. The fraction of sp³-hybridized carbons (Fsp3) is 0.556. The van der Waals surface area contributed by atoms with Crippen LogP contribution in [0.4, 0.5) is 0 Å². The summed E-state index contributed by atoms with van der Waals surface area (Å²) in [4.78, 5) is 8.29. The van der Waals surface area contributed by atoms with Crippen molar-refractivity contribution in [3.05, 3.63) is 23.8 Å². The van der Waals surface area contributed by atoms with Crippen LogP contribution in [-0.4, -0.2) is 23.1 Å². The maximum atomic E-state index is 5.37. The number of aryl methyl sites for hydroxylation is 1. The van der Waals surface area contributed by atoms with Gasteiger partial charge < -0.3 is 11.1 Å². The predicted octanol–water partition coefficient (Wildman–Crippen LogP) is 0.223. The molecule has 72 valence electrons. The highest BCUT2D eigenvalue weighted by atomic mass is 14.9. The van der Waals surface area contributed by atoms with Crippen LogP contribution in [0.25, 0.3) is 0 Å². The van der Waals surface area contributed by atoms with Crippen molar-refractivity contribution < 1.29 is 0 Å². The molecule has 0 spiro atoms. The number of nitrogens with two attached hydrogens (primary N) is 1. The van der Waals surface area contributed by atoms with Gasteiger partial charge in [-0.2, -0.15) is 0 Å². The Labute approximate surface area is 78.6 Å². The van der Waals surface area contributed by atoms with Crippen molar-refractivity contribution >= 4 is 0 Å². The van der Waals surface area contributed by atoms with E-state index in [1.54, 1.807) is 6.20 Å². The molecule has 0 atom stereocenters. The first kappa shape index (κ1) is 10.1. The lowest BCUT2D eigenvalue weighted by Crippen LogP contribution is -2.18. The molecule has 0 radical (unpaired) electrons. The van der Waals surface area contributed by atoms with Crippen LogP contribution in [-0.2, 0) is 6.54 Å². The van der Waals surface area contributed by atoms with Gasteiger partial charge in [-0.05, 0) is 32.5 Å². The van der Waals surface area contributed by atoms with E-state index in [-0.39, 0.29) is 0 Å². The van der Waals surface area contributed by atoms with E-state index in [1.807, 2.05) is 13.0 Å². The number of nitrogens with one attached hydrogen (secondary N) is 1. The van der Waals surface area contributed by atoms with Crippen LogP contribution in [0.2, 0.25) is 0 Å². The Bertz CT molecular complexity index is 249. The van der Waals surface area contributed by atoms with Gasteiger partial charge in [-0.25, -0.2) is 9.97 Å². The van der Waals surface area contributed by atoms with Crippen LogP contribution in [0.3, 0.4) is 0 Å². The lowest BCUT2D eigenvalue weighted by Gasteiger charge is -2.02. The molecule has 0 aliphatic rings. The monoisotopic (exact) mass is 180 g/mol. The summed E-state index contributed by atoms with van der Waals surface area (Å²) >= 11 is 0. The van der Waals surface area contributed by atoms with Gasteiger partial charge in [0.2, 0.25) is 0 Å². The number of nitrogens with zero attached hydrogens (tertiary/aromatic N) is 2. The van der Waals surface area contributed by atoms with Gasteiger partial charge in [-0.1, -0.05) is 0 Å². The van der Waals surface area contributed by atoms with Crippen LogP contribution in [0.5, 0.6) is 0 Å². The lowest BCUT2D eigenvalue weighted by atomic mass is 10.3. The Balaban J connectivity index is 2.28. The molecule has 1 heterocycles. The molecule has 0 fully saturated rings. The zero-order valence-corrected chi connectivity index (χ0v) is 7.95. The molecule has 0 amide bonds. The van der Waals surface area contributed by atoms with Gasteiger partial charge in [0.05, 0.1) is 5.69 Å². The van der Waals surface area contributed by atoms with Crippen LogP contribution >= 0.6 is 0 Å². The molecule has 4 heteroatoms. The third kappa shape index (κ3) is 3.96. The molecule has 0 bridgehead atoms.